The fraction of sp³-hybridized carbons (Fsp3) is 0.0909. The van der Waals surface area contributed by atoms with Crippen molar-refractivity contribution in [2.24, 2.45) is 15.8 Å². The van der Waals surface area contributed by atoms with Crippen molar-refractivity contribution in [3.05, 3.63) is 98.0 Å². The summed E-state index contributed by atoms with van der Waals surface area (Å²) in [5, 5.41) is 15.3. The first kappa shape index (κ1) is 21.2. The average molecular weight is 466 g/mol. The molecule has 0 fully saturated rings. The summed E-state index contributed by atoms with van der Waals surface area (Å²) in [7, 11) is 0. The molecule has 3 N–H and O–H groups in total. The predicted octanol–water partition coefficient (Wildman–Crippen LogP) is 4.77. The third-order valence-electron chi connectivity index (χ3n) is 4.39. The molecule has 0 saturated carbocycles. The van der Waals surface area contributed by atoms with E-state index in [0.29, 0.717) is 5.56 Å². The molecule has 0 radical (unpaired) electrons. The lowest BCUT2D eigenvalue weighted by Crippen LogP contribution is -2.27. The molecule has 0 unspecified atom stereocenters. The summed E-state index contributed by atoms with van der Waals surface area (Å²) in [6.45, 7) is 1.86. The third kappa shape index (κ3) is 5.51. The van der Waals surface area contributed by atoms with Gasteiger partial charge in [0.15, 0.2) is 0 Å². The van der Waals surface area contributed by atoms with E-state index in [1.165, 1.54) is 6.07 Å². The number of nitrogens with zero attached hydrogens (tertiary/aromatic N) is 3. The Labute approximate surface area is 182 Å². The molecule has 0 aromatic heterocycles. The molecule has 0 amide bonds. The number of nitro benzene ring substituents is 1. The van der Waals surface area contributed by atoms with Crippen LogP contribution in [-0.4, -0.2) is 17.1 Å². The Morgan fingerprint density at radius 2 is 1.80 bits per heavy atom. The van der Waals surface area contributed by atoms with Gasteiger partial charge in [-0.25, -0.2) is 10.4 Å². The Balaban J connectivity index is 1.62. The minimum atomic E-state index is -0.425. The molecule has 0 heterocycles. The lowest BCUT2D eigenvalue weighted by molar-refractivity contribution is -0.385. The minimum Gasteiger partial charge on any atom is -0.369 e. The number of hydrogen-bond donors (Lipinski definition) is 2. The highest BCUT2D eigenvalue weighted by Gasteiger charge is 2.15. The van der Waals surface area contributed by atoms with Crippen LogP contribution in [0.3, 0.4) is 0 Å². The molecule has 8 heteroatoms. The Morgan fingerprint density at radius 1 is 1.13 bits per heavy atom. The number of hydrazone groups is 1. The zero-order valence-corrected chi connectivity index (χ0v) is 17.8. The number of rotatable bonds is 6. The fourth-order valence-electron chi connectivity index (χ4n) is 2.77. The Hall–Kier alpha value is -3.52. The van der Waals surface area contributed by atoms with Crippen LogP contribution in [0.5, 0.6) is 0 Å². The molecule has 3 aromatic rings. The van der Waals surface area contributed by atoms with E-state index in [2.05, 4.69) is 43.6 Å². The van der Waals surface area contributed by atoms with Crippen molar-refractivity contribution in [1.29, 1.82) is 0 Å². The number of nitrogens with one attached hydrogen (secondary N) is 1. The molecule has 3 aromatic carbocycles. The number of guanidine groups is 1. The van der Waals surface area contributed by atoms with Crippen LogP contribution < -0.4 is 11.2 Å². The Morgan fingerprint density at radius 3 is 2.47 bits per heavy atom. The maximum atomic E-state index is 11.2. The van der Waals surface area contributed by atoms with E-state index in [0.717, 1.165) is 26.7 Å². The van der Waals surface area contributed by atoms with E-state index >= 15 is 0 Å². The lowest BCUT2D eigenvalue weighted by atomic mass is 10.0. The van der Waals surface area contributed by atoms with Gasteiger partial charge in [-0.2, -0.15) is 5.10 Å². The van der Waals surface area contributed by atoms with E-state index in [1.54, 1.807) is 19.2 Å². The van der Waals surface area contributed by atoms with Crippen molar-refractivity contribution in [2.45, 2.75) is 13.5 Å². The molecule has 0 aliphatic carbocycles. The molecular formula is C22H20BrN5O2. The van der Waals surface area contributed by atoms with Crippen LogP contribution in [0.25, 0.3) is 11.1 Å². The number of hydrogen-bond acceptors (Lipinski definition) is 4. The topological polar surface area (TPSA) is 106 Å². The van der Waals surface area contributed by atoms with Gasteiger partial charge in [0.25, 0.3) is 5.69 Å². The molecule has 0 atom stereocenters. The molecule has 0 saturated heterocycles. The smallest absolute Gasteiger partial charge is 0.274 e. The number of nitrogens with two attached hydrogens (primary N) is 1. The van der Waals surface area contributed by atoms with Gasteiger partial charge in [0.2, 0.25) is 5.96 Å². The second-order valence-electron chi connectivity index (χ2n) is 6.55. The maximum Gasteiger partial charge on any atom is 0.274 e. The van der Waals surface area contributed by atoms with Gasteiger partial charge in [-0.1, -0.05) is 70.5 Å². The van der Waals surface area contributed by atoms with Crippen LogP contribution in [-0.2, 0) is 6.54 Å². The summed E-state index contributed by atoms with van der Waals surface area (Å²) in [4.78, 5) is 15.0. The molecular weight excluding hydrogens is 446 g/mol. The van der Waals surface area contributed by atoms with Crippen LogP contribution in [0.2, 0.25) is 0 Å². The SMILES string of the molecule is Cc1cc([N+](=O)[O-])c(CN=C(N)NN=Cc2ccc(-c3ccccc3)cc2)cc1Br. The van der Waals surface area contributed by atoms with Gasteiger partial charge in [0.05, 0.1) is 23.2 Å². The number of aryl methyl sites for hydroxylation is 1. The molecule has 30 heavy (non-hydrogen) atoms. The first-order valence-corrected chi connectivity index (χ1v) is 9.91. The maximum absolute atomic E-state index is 11.2. The highest BCUT2D eigenvalue weighted by molar-refractivity contribution is 9.10. The molecule has 0 bridgehead atoms. The average Bonchev–Trinajstić information content (AvgIpc) is 2.75. The lowest BCUT2D eigenvalue weighted by Gasteiger charge is -2.05. The monoisotopic (exact) mass is 465 g/mol. The van der Waals surface area contributed by atoms with Crippen molar-refractivity contribution in [2.75, 3.05) is 0 Å². The van der Waals surface area contributed by atoms with Gasteiger partial charge in [0, 0.05) is 10.5 Å². The normalized spacial score (nSPS) is 11.6. The number of aliphatic imine (C=N–C) groups is 1. The van der Waals surface area contributed by atoms with Crippen LogP contribution in [0.4, 0.5) is 5.69 Å². The second kappa shape index (κ2) is 9.80. The summed E-state index contributed by atoms with van der Waals surface area (Å²) in [5.41, 5.74) is 12.9. The zero-order valence-electron chi connectivity index (χ0n) is 16.2. The van der Waals surface area contributed by atoms with Crippen LogP contribution in [0, 0.1) is 17.0 Å². The van der Waals surface area contributed by atoms with Crippen molar-refractivity contribution in [3.8, 4) is 11.1 Å². The van der Waals surface area contributed by atoms with E-state index in [4.69, 9.17) is 5.73 Å². The summed E-state index contributed by atoms with van der Waals surface area (Å²) in [6.07, 6.45) is 1.63. The minimum absolute atomic E-state index is 0.00857. The van der Waals surface area contributed by atoms with Gasteiger partial charge in [-0.15, -0.1) is 0 Å². The van der Waals surface area contributed by atoms with Crippen LogP contribution >= 0.6 is 15.9 Å². The second-order valence-corrected chi connectivity index (χ2v) is 7.40. The summed E-state index contributed by atoms with van der Waals surface area (Å²) >= 11 is 3.38. The molecule has 0 aliphatic heterocycles. The highest BCUT2D eigenvalue weighted by atomic mass is 79.9. The highest BCUT2D eigenvalue weighted by Crippen LogP contribution is 2.27. The van der Waals surface area contributed by atoms with Gasteiger partial charge < -0.3 is 5.73 Å². The third-order valence-corrected chi connectivity index (χ3v) is 5.24. The zero-order chi connectivity index (χ0) is 21.5. The molecule has 0 spiro atoms. The largest absolute Gasteiger partial charge is 0.369 e. The Kier molecular flexibility index (Phi) is 6.92. The van der Waals surface area contributed by atoms with E-state index in [-0.39, 0.29) is 18.2 Å². The quantitative estimate of drug-likeness (QED) is 0.236. The van der Waals surface area contributed by atoms with Gasteiger partial charge in [-0.3, -0.25) is 10.1 Å². The van der Waals surface area contributed by atoms with Crippen LogP contribution in [0.1, 0.15) is 16.7 Å². The molecule has 0 aliphatic rings. The molecule has 7 nitrogen and oxygen atoms in total. The number of benzene rings is 3. The van der Waals surface area contributed by atoms with E-state index < -0.39 is 4.92 Å². The molecule has 3 rings (SSSR count). The fourth-order valence-corrected chi connectivity index (χ4v) is 3.17. The van der Waals surface area contributed by atoms with Crippen molar-refractivity contribution in [3.63, 3.8) is 0 Å². The first-order chi connectivity index (χ1) is 14.4. The summed E-state index contributed by atoms with van der Waals surface area (Å²) in [6, 6.07) is 21.2. The van der Waals surface area contributed by atoms with Crippen molar-refractivity contribution < 1.29 is 4.92 Å². The van der Waals surface area contributed by atoms with E-state index in [9.17, 15) is 10.1 Å². The number of nitro groups is 1. The van der Waals surface area contributed by atoms with Crippen molar-refractivity contribution in [1.82, 2.24) is 5.43 Å². The first-order valence-electron chi connectivity index (χ1n) is 9.12. The Bertz CT molecular complexity index is 1100. The van der Waals surface area contributed by atoms with Gasteiger partial charge in [-0.05, 0) is 35.2 Å². The summed E-state index contributed by atoms with van der Waals surface area (Å²) in [5.74, 6) is 0.0677. The summed E-state index contributed by atoms with van der Waals surface area (Å²) < 4.78 is 0.779. The predicted molar refractivity (Wildman–Crippen MR) is 123 cm³/mol. The van der Waals surface area contributed by atoms with E-state index in [1.807, 2.05) is 42.5 Å². The van der Waals surface area contributed by atoms with Crippen LogP contribution in [0.15, 0.2) is 81.3 Å². The standard InChI is InChI=1S/C22H20BrN5O2/c1-15-11-21(28(29)30)19(12-20(15)23)14-25-22(24)27-26-13-16-7-9-18(10-8-16)17-5-3-2-4-6-17/h2-13H,14H2,1H3,(H3,24,25,27). The molecule has 152 valence electrons. The number of halogens is 1. The van der Waals surface area contributed by atoms with Gasteiger partial charge in [0.1, 0.15) is 0 Å². The van der Waals surface area contributed by atoms with Crippen molar-refractivity contribution >= 4 is 33.8 Å². The van der Waals surface area contributed by atoms with Gasteiger partial charge >= 0.3 is 0 Å².